The van der Waals surface area contributed by atoms with Gasteiger partial charge in [0.15, 0.2) is 0 Å². The topological polar surface area (TPSA) is 101 Å². The number of sulfonamides is 1. The van der Waals surface area contributed by atoms with Crippen LogP contribution in [0.2, 0.25) is 0 Å². The number of carbonyl (C=O) groups excluding carboxylic acids is 1. The lowest BCUT2D eigenvalue weighted by molar-refractivity contribution is -0.122. The van der Waals surface area contributed by atoms with E-state index < -0.39 is 26.8 Å². The van der Waals surface area contributed by atoms with Gasteiger partial charge in [0.05, 0.1) is 0 Å². The zero-order chi connectivity index (χ0) is 14.0. The normalized spacial score (nSPS) is 20.1. The second-order valence-electron chi connectivity index (χ2n) is 4.35. The highest BCUT2D eigenvalue weighted by Crippen LogP contribution is 2.18. The SMILES string of the molecule is Nc1ccc(F)c(S(=O)(=O)NC2CCC(=O)NC2)c1. The maximum atomic E-state index is 13.5. The van der Waals surface area contributed by atoms with Gasteiger partial charge in [-0.2, -0.15) is 0 Å². The summed E-state index contributed by atoms with van der Waals surface area (Å²) in [5.74, 6) is -0.980. The van der Waals surface area contributed by atoms with Crippen molar-refractivity contribution in [2.45, 2.75) is 23.8 Å². The van der Waals surface area contributed by atoms with E-state index in [2.05, 4.69) is 10.0 Å². The Hall–Kier alpha value is -1.67. The van der Waals surface area contributed by atoms with Crippen LogP contribution in [0, 0.1) is 5.82 Å². The molecule has 0 aliphatic carbocycles. The monoisotopic (exact) mass is 287 g/mol. The Kier molecular flexibility index (Phi) is 3.72. The molecule has 8 heteroatoms. The van der Waals surface area contributed by atoms with Crippen molar-refractivity contribution in [3.8, 4) is 0 Å². The second-order valence-corrected chi connectivity index (χ2v) is 6.03. The highest BCUT2D eigenvalue weighted by Gasteiger charge is 2.26. The molecule has 2 rings (SSSR count). The lowest BCUT2D eigenvalue weighted by atomic mass is 10.1. The highest BCUT2D eigenvalue weighted by atomic mass is 32.2. The van der Waals surface area contributed by atoms with E-state index in [-0.39, 0.29) is 24.6 Å². The lowest BCUT2D eigenvalue weighted by Crippen LogP contribution is -2.47. The van der Waals surface area contributed by atoms with E-state index in [4.69, 9.17) is 5.73 Å². The van der Waals surface area contributed by atoms with E-state index in [1.54, 1.807) is 0 Å². The molecular weight excluding hydrogens is 273 g/mol. The lowest BCUT2D eigenvalue weighted by Gasteiger charge is -2.23. The zero-order valence-corrected chi connectivity index (χ0v) is 10.8. The zero-order valence-electron chi connectivity index (χ0n) is 10.0. The molecule has 0 aromatic heterocycles. The van der Waals surface area contributed by atoms with Gasteiger partial charge >= 0.3 is 0 Å². The molecule has 1 amide bonds. The first-order valence-electron chi connectivity index (χ1n) is 5.72. The van der Waals surface area contributed by atoms with Crippen LogP contribution in [-0.2, 0) is 14.8 Å². The van der Waals surface area contributed by atoms with Gasteiger partial charge in [-0.3, -0.25) is 4.79 Å². The Balaban J connectivity index is 2.18. The van der Waals surface area contributed by atoms with Gasteiger partial charge in [0.2, 0.25) is 15.9 Å². The third kappa shape index (κ3) is 3.21. The molecule has 1 unspecified atom stereocenters. The average molecular weight is 287 g/mol. The number of amides is 1. The number of piperidine rings is 1. The molecule has 1 atom stereocenters. The Morgan fingerprint density at radius 2 is 2.16 bits per heavy atom. The van der Waals surface area contributed by atoms with Crippen LogP contribution in [0.5, 0.6) is 0 Å². The Morgan fingerprint density at radius 3 is 2.79 bits per heavy atom. The summed E-state index contributed by atoms with van der Waals surface area (Å²) in [5, 5.41) is 2.55. The minimum atomic E-state index is -3.99. The molecular formula is C11H14FN3O3S. The van der Waals surface area contributed by atoms with Crippen molar-refractivity contribution in [3.05, 3.63) is 24.0 Å². The minimum absolute atomic E-state index is 0.120. The van der Waals surface area contributed by atoms with E-state index in [1.165, 1.54) is 6.07 Å². The molecule has 1 aliphatic rings. The fourth-order valence-corrected chi connectivity index (χ4v) is 3.23. The predicted octanol–water partition coefficient (Wildman–Crippen LogP) is -0.0352. The van der Waals surface area contributed by atoms with E-state index in [9.17, 15) is 17.6 Å². The molecule has 0 saturated carbocycles. The molecule has 0 spiro atoms. The van der Waals surface area contributed by atoms with Gasteiger partial charge in [-0.25, -0.2) is 17.5 Å². The smallest absolute Gasteiger partial charge is 0.243 e. The number of benzene rings is 1. The van der Waals surface area contributed by atoms with Crippen LogP contribution in [0.15, 0.2) is 23.1 Å². The largest absolute Gasteiger partial charge is 0.399 e. The Bertz CT molecular complexity index is 593. The molecule has 1 saturated heterocycles. The number of anilines is 1. The molecule has 104 valence electrons. The van der Waals surface area contributed by atoms with Crippen LogP contribution >= 0.6 is 0 Å². The molecule has 1 aromatic rings. The predicted molar refractivity (Wildman–Crippen MR) is 67.2 cm³/mol. The summed E-state index contributed by atoms with van der Waals surface area (Å²) in [4.78, 5) is 10.5. The summed E-state index contributed by atoms with van der Waals surface area (Å²) < 4.78 is 40.0. The minimum Gasteiger partial charge on any atom is -0.399 e. The molecule has 1 aromatic carbocycles. The van der Waals surface area contributed by atoms with Crippen LogP contribution in [0.4, 0.5) is 10.1 Å². The van der Waals surface area contributed by atoms with Gasteiger partial charge in [0.1, 0.15) is 10.7 Å². The van der Waals surface area contributed by atoms with Crippen molar-refractivity contribution < 1.29 is 17.6 Å². The van der Waals surface area contributed by atoms with Crippen molar-refractivity contribution in [1.82, 2.24) is 10.0 Å². The van der Waals surface area contributed by atoms with Crippen molar-refractivity contribution >= 4 is 21.6 Å². The summed E-state index contributed by atoms with van der Waals surface area (Å²) in [6, 6.07) is 2.92. The van der Waals surface area contributed by atoms with Crippen molar-refractivity contribution in [1.29, 1.82) is 0 Å². The number of carbonyl (C=O) groups is 1. The number of rotatable bonds is 3. The van der Waals surface area contributed by atoms with Crippen molar-refractivity contribution in [2.75, 3.05) is 12.3 Å². The fourth-order valence-electron chi connectivity index (χ4n) is 1.84. The van der Waals surface area contributed by atoms with Gasteiger partial charge in [0.25, 0.3) is 0 Å². The van der Waals surface area contributed by atoms with Gasteiger partial charge in [0, 0.05) is 24.7 Å². The molecule has 19 heavy (non-hydrogen) atoms. The van der Waals surface area contributed by atoms with E-state index in [0.717, 1.165) is 12.1 Å². The van der Waals surface area contributed by atoms with Gasteiger partial charge < -0.3 is 11.1 Å². The number of hydrogen-bond donors (Lipinski definition) is 3. The standard InChI is InChI=1S/C11H14FN3O3S/c12-9-3-1-7(13)5-10(9)19(17,18)15-8-2-4-11(16)14-6-8/h1,3,5,8,15H,2,4,6,13H2,(H,14,16). The Morgan fingerprint density at radius 1 is 1.42 bits per heavy atom. The molecule has 6 nitrogen and oxygen atoms in total. The van der Waals surface area contributed by atoms with Gasteiger partial charge in [-0.1, -0.05) is 0 Å². The number of nitrogens with two attached hydrogens (primary N) is 1. The molecule has 1 heterocycles. The number of hydrogen-bond acceptors (Lipinski definition) is 4. The van der Waals surface area contributed by atoms with Crippen molar-refractivity contribution in [2.24, 2.45) is 0 Å². The summed E-state index contributed by atoms with van der Waals surface area (Å²) in [6.07, 6.45) is 0.627. The maximum Gasteiger partial charge on any atom is 0.243 e. The molecule has 0 radical (unpaired) electrons. The quantitative estimate of drug-likeness (QED) is 0.679. The number of nitrogen functional groups attached to an aromatic ring is 1. The molecule has 0 bridgehead atoms. The summed E-state index contributed by atoms with van der Waals surface area (Å²) >= 11 is 0. The average Bonchev–Trinajstić information content (AvgIpc) is 2.35. The van der Waals surface area contributed by atoms with Crippen LogP contribution in [0.3, 0.4) is 0 Å². The third-order valence-electron chi connectivity index (χ3n) is 2.83. The maximum absolute atomic E-state index is 13.5. The molecule has 4 N–H and O–H groups in total. The summed E-state index contributed by atoms with van der Waals surface area (Å²) in [5.41, 5.74) is 5.63. The van der Waals surface area contributed by atoms with Crippen LogP contribution in [0.25, 0.3) is 0 Å². The first-order valence-corrected chi connectivity index (χ1v) is 7.21. The second kappa shape index (κ2) is 5.14. The van der Waals surface area contributed by atoms with Crippen LogP contribution < -0.4 is 15.8 Å². The van der Waals surface area contributed by atoms with E-state index in [1.807, 2.05) is 0 Å². The summed E-state index contributed by atoms with van der Waals surface area (Å²) in [6.45, 7) is 0.196. The van der Waals surface area contributed by atoms with E-state index in [0.29, 0.717) is 6.42 Å². The van der Waals surface area contributed by atoms with Crippen LogP contribution in [0.1, 0.15) is 12.8 Å². The first-order chi connectivity index (χ1) is 8.88. The first kappa shape index (κ1) is 13.8. The molecule has 1 aliphatic heterocycles. The Labute approximate surface area is 110 Å². The fraction of sp³-hybridized carbons (Fsp3) is 0.364. The van der Waals surface area contributed by atoms with Gasteiger partial charge in [-0.15, -0.1) is 0 Å². The van der Waals surface area contributed by atoms with Gasteiger partial charge in [-0.05, 0) is 24.6 Å². The summed E-state index contributed by atoms with van der Waals surface area (Å²) in [7, 11) is -3.99. The number of nitrogens with one attached hydrogen (secondary N) is 2. The van der Waals surface area contributed by atoms with Crippen LogP contribution in [-0.4, -0.2) is 26.9 Å². The molecule has 1 fully saturated rings. The highest BCUT2D eigenvalue weighted by molar-refractivity contribution is 7.89. The van der Waals surface area contributed by atoms with Crippen molar-refractivity contribution in [3.63, 3.8) is 0 Å². The number of halogens is 1. The third-order valence-corrected chi connectivity index (χ3v) is 4.37. The van der Waals surface area contributed by atoms with E-state index >= 15 is 0 Å².